The van der Waals surface area contributed by atoms with E-state index in [9.17, 15) is 15.2 Å². The van der Waals surface area contributed by atoms with Gasteiger partial charge in [0.2, 0.25) is 5.91 Å². The Morgan fingerprint density at radius 3 is 2.65 bits per heavy atom. The molecule has 1 unspecified atom stereocenters. The summed E-state index contributed by atoms with van der Waals surface area (Å²) in [6.07, 6.45) is -0.800. The maximum atomic E-state index is 12.3. The van der Waals surface area contributed by atoms with Crippen LogP contribution in [0.4, 0.5) is 0 Å². The molecule has 0 bridgehead atoms. The molecule has 0 aromatic heterocycles. The van der Waals surface area contributed by atoms with Gasteiger partial charge in [-0.25, -0.2) is 0 Å². The molecule has 104 valence electrons. The lowest BCUT2D eigenvalue weighted by Gasteiger charge is -2.45. The van der Waals surface area contributed by atoms with E-state index in [1.807, 2.05) is 44.2 Å². The minimum Gasteiger partial charge on any atom is -0.387 e. The molecule has 2 saturated heterocycles. The number of aliphatic hydroxyl groups is 1. The lowest BCUT2D eigenvalue weighted by atomic mass is 9.85. The smallest absolute Gasteiger partial charge is 0.233 e. The number of nitriles is 1. The van der Waals surface area contributed by atoms with Crippen LogP contribution in [0.2, 0.25) is 0 Å². The highest BCUT2D eigenvalue weighted by Gasteiger charge is 2.63. The predicted molar refractivity (Wildman–Crippen MR) is 76.6 cm³/mol. The lowest BCUT2D eigenvalue weighted by Crippen LogP contribution is -2.61. The number of benzene rings is 1. The molecule has 1 N–H and O–H groups in total. The predicted octanol–water partition coefficient (Wildman–Crippen LogP) is 1.92. The number of thioether (sulfide) groups is 1. The molecule has 3 rings (SSSR count). The summed E-state index contributed by atoms with van der Waals surface area (Å²) in [6.45, 7) is 3.95. The topological polar surface area (TPSA) is 64.3 Å². The first-order valence-corrected chi connectivity index (χ1v) is 7.48. The summed E-state index contributed by atoms with van der Waals surface area (Å²) in [6, 6.07) is 11.0. The van der Waals surface area contributed by atoms with Crippen molar-refractivity contribution in [2.45, 2.75) is 36.1 Å². The minimum atomic E-state index is -0.800. The van der Waals surface area contributed by atoms with Crippen LogP contribution in [-0.4, -0.2) is 32.1 Å². The first-order chi connectivity index (χ1) is 9.47. The second kappa shape index (κ2) is 4.51. The van der Waals surface area contributed by atoms with Gasteiger partial charge < -0.3 is 10.0 Å². The number of amides is 1. The number of carbonyl (C=O) groups is 1. The van der Waals surface area contributed by atoms with E-state index in [1.165, 1.54) is 0 Å². The van der Waals surface area contributed by atoms with Gasteiger partial charge in [0.05, 0.1) is 23.5 Å². The largest absolute Gasteiger partial charge is 0.387 e. The van der Waals surface area contributed by atoms with Gasteiger partial charge >= 0.3 is 0 Å². The molecular formula is C15H16N2O2S. The Morgan fingerprint density at radius 2 is 2.05 bits per heavy atom. The summed E-state index contributed by atoms with van der Waals surface area (Å²) in [4.78, 5) is 13.9. The Morgan fingerprint density at radius 1 is 1.40 bits per heavy atom. The molecule has 2 aliphatic heterocycles. The molecule has 0 saturated carbocycles. The van der Waals surface area contributed by atoms with Crippen molar-refractivity contribution in [1.29, 1.82) is 5.26 Å². The second-order valence-electron chi connectivity index (χ2n) is 5.77. The van der Waals surface area contributed by atoms with Crippen LogP contribution in [-0.2, 0) is 4.79 Å². The van der Waals surface area contributed by atoms with E-state index < -0.39 is 18.1 Å². The number of carbonyl (C=O) groups excluding carboxylic acids is 1. The Kier molecular flexibility index (Phi) is 3.03. The zero-order chi connectivity index (χ0) is 14.5. The van der Waals surface area contributed by atoms with Crippen molar-refractivity contribution >= 4 is 17.7 Å². The van der Waals surface area contributed by atoms with Crippen molar-refractivity contribution in [3.8, 4) is 6.07 Å². The van der Waals surface area contributed by atoms with Gasteiger partial charge in [0, 0.05) is 4.75 Å². The lowest BCUT2D eigenvalue weighted by molar-refractivity contribution is -0.159. The highest BCUT2D eigenvalue weighted by atomic mass is 32.2. The molecule has 1 amide bonds. The van der Waals surface area contributed by atoms with Crippen molar-refractivity contribution < 1.29 is 9.90 Å². The average molecular weight is 288 g/mol. The zero-order valence-electron chi connectivity index (χ0n) is 11.4. The van der Waals surface area contributed by atoms with Gasteiger partial charge in [0.1, 0.15) is 6.04 Å². The number of rotatable bonds is 2. The van der Waals surface area contributed by atoms with Crippen molar-refractivity contribution in [2.75, 3.05) is 0 Å². The first kappa shape index (κ1) is 13.5. The zero-order valence-corrected chi connectivity index (χ0v) is 12.2. The van der Waals surface area contributed by atoms with Gasteiger partial charge in [-0.3, -0.25) is 4.79 Å². The third-order valence-electron chi connectivity index (χ3n) is 4.09. The summed E-state index contributed by atoms with van der Waals surface area (Å²) in [5.74, 6) is -0.559. The molecule has 0 radical (unpaired) electrons. The third kappa shape index (κ3) is 1.75. The molecule has 4 atom stereocenters. The quantitative estimate of drug-likeness (QED) is 0.845. The van der Waals surface area contributed by atoms with Gasteiger partial charge in [0.25, 0.3) is 0 Å². The molecule has 2 heterocycles. The monoisotopic (exact) mass is 288 g/mol. The van der Waals surface area contributed by atoms with Gasteiger partial charge in [-0.2, -0.15) is 5.26 Å². The maximum absolute atomic E-state index is 12.3. The highest BCUT2D eigenvalue weighted by molar-refractivity contribution is 8.01. The number of β-lactam (4-membered cyclic amide) rings is 1. The van der Waals surface area contributed by atoms with E-state index in [0.29, 0.717) is 0 Å². The molecule has 5 heteroatoms. The molecule has 1 aromatic carbocycles. The summed E-state index contributed by atoms with van der Waals surface area (Å²) >= 11 is 1.61. The van der Waals surface area contributed by atoms with E-state index in [-0.39, 0.29) is 16.0 Å². The Bertz CT molecular complexity index is 581. The first-order valence-electron chi connectivity index (χ1n) is 6.60. The fourth-order valence-electron chi connectivity index (χ4n) is 2.99. The Balaban J connectivity index is 1.86. The number of fused-ring (bicyclic) bond motifs is 1. The molecule has 0 aliphatic carbocycles. The van der Waals surface area contributed by atoms with Crippen molar-refractivity contribution in [2.24, 2.45) is 5.92 Å². The number of aliphatic hydroxyl groups excluding tert-OH is 1. The van der Waals surface area contributed by atoms with Crippen LogP contribution in [0.3, 0.4) is 0 Å². The van der Waals surface area contributed by atoms with Crippen molar-refractivity contribution in [3.63, 3.8) is 0 Å². The van der Waals surface area contributed by atoms with Crippen molar-refractivity contribution in [3.05, 3.63) is 35.9 Å². The number of nitrogens with zero attached hydrogens (tertiary/aromatic N) is 2. The number of hydrogen-bond acceptors (Lipinski definition) is 4. The van der Waals surface area contributed by atoms with Crippen LogP contribution in [0.1, 0.15) is 25.5 Å². The summed E-state index contributed by atoms with van der Waals surface area (Å²) < 4.78 is -0.291. The molecule has 1 aromatic rings. The molecule has 2 aliphatic rings. The fraction of sp³-hybridized carbons (Fsp3) is 0.467. The average Bonchev–Trinajstić information content (AvgIpc) is 2.67. The van der Waals surface area contributed by atoms with Crippen LogP contribution in [0.25, 0.3) is 0 Å². The van der Waals surface area contributed by atoms with Crippen LogP contribution in [0, 0.1) is 17.2 Å². The standard InChI is InChI=1S/C15H16N2O2S/c1-15(2)10(8-16)17-13(19)11(14(17)20-15)12(18)9-6-4-3-5-7-9/h3-7,10-12,14,18H,1-2H3/t10-,11-,12?,14+/m0/s1. The maximum Gasteiger partial charge on any atom is 0.233 e. The summed E-state index contributed by atoms with van der Waals surface area (Å²) in [5.41, 5.74) is 0.754. The van der Waals surface area contributed by atoms with Crippen LogP contribution >= 0.6 is 11.8 Å². The molecule has 4 nitrogen and oxygen atoms in total. The van der Waals surface area contributed by atoms with E-state index in [1.54, 1.807) is 16.7 Å². The van der Waals surface area contributed by atoms with E-state index in [2.05, 4.69) is 6.07 Å². The van der Waals surface area contributed by atoms with Crippen molar-refractivity contribution in [1.82, 2.24) is 4.90 Å². The van der Waals surface area contributed by atoms with E-state index in [4.69, 9.17) is 0 Å². The highest BCUT2D eigenvalue weighted by Crippen LogP contribution is 2.55. The minimum absolute atomic E-state index is 0.0997. The summed E-state index contributed by atoms with van der Waals surface area (Å²) in [5, 5.41) is 19.6. The second-order valence-corrected chi connectivity index (χ2v) is 7.54. The van der Waals surface area contributed by atoms with Gasteiger partial charge in [-0.15, -0.1) is 11.8 Å². The van der Waals surface area contributed by atoms with Gasteiger partial charge in [0.15, 0.2) is 0 Å². The van der Waals surface area contributed by atoms with Crippen LogP contribution in [0.15, 0.2) is 30.3 Å². The Labute approximate surface area is 122 Å². The fourth-order valence-corrected chi connectivity index (χ4v) is 4.66. The summed E-state index contributed by atoms with van der Waals surface area (Å²) in [7, 11) is 0. The molecular weight excluding hydrogens is 272 g/mol. The molecule has 20 heavy (non-hydrogen) atoms. The van der Waals surface area contributed by atoms with Gasteiger partial charge in [-0.1, -0.05) is 30.3 Å². The third-order valence-corrected chi connectivity index (χ3v) is 5.68. The van der Waals surface area contributed by atoms with Crippen LogP contribution in [0.5, 0.6) is 0 Å². The normalized spacial score (nSPS) is 32.2. The van der Waals surface area contributed by atoms with Gasteiger partial charge in [-0.05, 0) is 19.4 Å². The molecule has 0 spiro atoms. The Hall–Kier alpha value is -1.51. The van der Waals surface area contributed by atoms with E-state index >= 15 is 0 Å². The van der Waals surface area contributed by atoms with Crippen LogP contribution < -0.4 is 0 Å². The molecule has 2 fully saturated rings. The number of hydrogen-bond donors (Lipinski definition) is 1. The van der Waals surface area contributed by atoms with E-state index in [0.717, 1.165) is 5.56 Å². The SMILES string of the molecule is CC1(C)S[C@@H]2[C@@H](C(O)c3ccccc3)C(=O)N2[C@H]1C#N.